The molecule has 0 aromatic rings. The first kappa shape index (κ1) is 15.5. The summed E-state index contributed by atoms with van der Waals surface area (Å²) in [5.41, 5.74) is 0. The summed E-state index contributed by atoms with van der Waals surface area (Å²) >= 11 is 0. The lowest BCUT2D eigenvalue weighted by Gasteiger charge is -2.10. The number of aliphatic imine (C=N–C) groups is 1. The minimum atomic E-state index is 0.376. The maximum absolute atomic E-state index is 5.60. The van der Waals surface area contributed by atoms with Crippen LogP contribution < -0.4 is 0 Å². The third kappa shape index (κ3) is 6.42. The van der Waals surface area contributed by atoms with Gasteiger partial charge in [-0.2, -0.15) is 0 Å². The molecule has 0 aromatic carbocycles. The zero-order valence-corrected chi connectivity index (χ0v) is 12.6. The SMILES string of the molecule is CCCCCCCCCCC(C)C1=NC(C)CO1. The molecule has 0 radical (unpaired) electrons. The number of unbranched alkanes of at least 4 members (excludes halogenated alkanes) is 7. The van der Waals surface area contributed by atoms with Gasteiger partial charge in [-0.25, -0.2) is 4.99 Å². The van der Waals surface area contributed by atoms with Crippen LogP contribution in [0.2, 0.25) is 0 Å². The van der Waals surface area contributed by atoms with E-state index < -0.39 is 0 Å². The van der Waals surface area contributed by atoms with Crippen molar-refractivity contribution in [2.45, 2.75) is 84.6 Å². The molecule has 1 rings (SSSR count). The Morgan fingerprint density at radius 3 is 2.28 bits per heavy atom. The van der Waals surface area contributed by atoms with E-state index in [4.69, 9.17) is 4.74 Å². The van der Waals surface area contributed by atoms with E-state index in [9.17, 15) is 0 Å². The van der Waals surface area contributed by atoms with Crippen molar-refractivity contribution in [3.63, 3.8) is 0 Å². The minimum absolute atomic E-state index is 0.376. The van der Waals surface area contributed by atoms with Crippen LogP contribution >= 0.6 is 0 Å². The molecular weight excluding hydrogens is 222 g/mol. The summed E-state index contributed by atoms with van der Waals surface area (Å²) in [5.74, 6) is 1.53. The van der Waals surface area contributed by atoms with Gasteiger partial charge < -0.3 is 4.74 Å². The molecular formula is C16H31NO. The number of hydrogen-bond donors (Lipinski definition) is 0. The van der Waals surface area contributed by atoms with E-state index in [1.807, 2.05) is 0 Å². The number of rotatable bonds is 10. The summed E-state index contributed by atoms with van der Waals surface area (Å²) in [5, 5.41) is 0. The average molecular weight is 253 g/mol. The highest BCUT2D eigenvalue weighted by Crippen LogP contribution is 2.18. The van der Waals surface area contributed by atoms with Crippen LogP contribution in [0.15, 0.2) is 4.99 Å². The van der Waals surface area contributed by atoms with Crippen LogP contribution in [0, 0.1) is 5.92 Å². The van der Waals surface area contributed by atoms with Crippen molar-refractivity contribution in [3.8, 4) is 0 Å². The highest BCUT2D eigenvalue weighted by Gasteiger charge is 2.19. The molecule has 0 saturated heterocycles. The standard InChI is InChI=1S/C16H31NO/c1-4-5-6-7-8-9-10-11-12-14(2)16-17-15(3)13-18-16/h14-15H,4-13H2,1-3H3. The summed E-state index contributed by atoms with van der Waals surface area (Å²) in [4.78, 5) is 4.53. The van der Waals surface area contributed by atoms with Crippen molar-refractivity contribution in [3.05, 3.63) is 0 Å². The van der Waals surface area contributed by atoms with Gasteiger partial charge in [0, 0.05) is 5.92 Å². The summed E-state index contributed by atoms with van der Waals surface area (Å²) in [6.07, 6.45) is 12.4. The normalized spacial score (nSPS) is 20.6. The molecule has 0 saturated carbocycles. The van der Waals surface area contributed by atoms with Crippen molar-refractivity contribution in [1.82, 2.24) is 0 Å². The van der Waals surface area contributed by atoms with Crippen LogP contribution in [-0.2, 0) is 4.74 Å². The Labute approximate surface area is 113 Å². The Bertz CT molecular complexity index is 237. The summed E-state index contributed by atoms with van der Waals surface area (Å²) < 4.78 is 5.60. The molecule has 18 heavy (non-hydrogen) atoms. The molecule has 106 valence electrons. The molecule has 0 aromatic heterocycles. The van der Waals surface area contributed by atoms with Gasteiger partial charge in [0.15, 0.2) is 5.90 Å². The van der Waals surface area contributed by atoms with Gasteiger partial charge >= 0.3 is 0 Å². The summed E-state index contributed by atoms with van der Waals surface area (Å²) in [6.45, 7) is 7.43. The lowest BCUT2D eigenvalue weighted by atomic mass is 10.0. The minimum Gasteiger partial charge on any atom is -0.479 e. The fourth-order valence-electron chi connectivity index (χ4n) is 2.48. The largest absolute Gasteiger partial charge is 0.479 e. The van der Waals surface area contributed by atoms with Crippen molar-refractivity contribution in [1.29, 1.82) is 0 Å². The van der Waals surface area contributed by atoms with Crippen molar-refractivity contribution in [2.24, 2.45) is 10.9 Å². The summed E-state index contributed by atoms with van der Waals surface area (Å²) in [7, 11) is 0. The Hall–Kier alpha value is -0.530. The molecule has 2 unspecified atom stereocenters. The summed E-state index contributed by atoms with van der Waals surface area (Å²) in [6, 6.07) is 0.376. The van der Waals surface area contributed by atoms with Gasteiger partial charge in [0.2, 0.25) is 0 Å². The van der Waals surface area contributed by atoms with Crippen LogP contribution in [-0.4, -0.2) is 18.5 Å². The van der Waals surface area contributed by atoms with Gasteiger partial charge in [-0.3, -0.25) is 0 Å². The predicted molar refractivity (Wildman–Crippen MR) is 79.2 cm³/mol. The Morgan fingerprint density at radius 2 is 1.72 bits per heavy atom. The quantitative estimate of drug-likeness (QED) is 0.504. The first-order chi connectivity index (χ1) is 8.74. The van der Waals surface area contributed by atoms with E-state index in [1.54, 1.807) is 0 Å². The fourth-order valence-corrected chi connectivity index (χ4v) is 2.48. The first-order valence-electron chi connectivity index (χ1n) is 7.94. The molecule has 0 amide bonds. The van der Waals surface area contributed by atoms with Crippen LogP contribution in [0.5, 0.6) is 0 Å². The fraction of sp³-hybridized carbons (Fsp3) is 0.938. The maximum atomic E-state index is 5.60. The van der Waals surface area contributed by atoms with Gasteiger partial charge in [-0.05, 0) is 13.3 Å². The third-order valence-corrected chi connectivity index (χ3v) is 3.73. The lowest BCUT2D eigenvalue weighted by molar-refractivity contribution is 0.301. The molecule has 1 aliphatic heterocycles. The monoisotopic (exact) mass is 253 g/mol. The molecule has 2 atom stereocenters. The maximum Gasteiger partial charge on any atom is 0.186 e. The molecule has 0 spiro atoms. The highest BCUT2D eigenvalue weighted by molar-refractivity contribution is 5.79. The van der Waals surface area contributed by atoms with Crippen LogP contribution in [0.4, 0.5) is 0 Å². The van der Waals surface area contributed by atoms with Crippen molar-refractivity contribution in [2.75, 3.05) is 6.61 Å². The first-order valence-corrected chi connectivity index (χ1v) is 7.94. The predicted octanol–water partition coefficient (Wildman–Crippen LogP) is 4.97. The van der Waals surface area contributed by atoms with E-state index >= 15 is 0 Å². The molecule has 2 heteroatoms. The van der Waals surface area contributed by atoms with Gasteiger partial charge in [-0.1, -0.05) is 65.2 Å². The van der Waals surface area contributed by atoms with Gasteiger partial charge in [0.25, 0.3) is 0 Å². The highest BCUT2D eigenvalue weighted by atomic mass is 16.5. The average Bonchev–Trinajstić information content (AvgIpc) is 2.79. The van der Waals surface area contributed by atoms with E-state index in [0.29, 0.717) is 12.0 Å². The van der Waals surface area contributed by atoms with E-state index in [2.05, 4.69) is 25.8 Å². The van der Waals surface area contributed by atoms with E-state index in [-0.39, 0.29) is 0 Å². The number of hydrogen-bond acceptors (Lipinski definition) is 2. The molecule has 2 nitrogen and oxygen atoms in total. The molecule has 1 aliphatic rings. The molecule has 0 aliphatic carbocycles. The smallest absolute Gasteiger partial charge is 0.186 e. The molecule has 0 fully saturated rings. The Kier molecular flexibility index (Phi) is 8.11. The van der Waals surface area contributed by atoms with E-state index in [1.165, 1.54) is 57.8 Å². The third-order valence-electron chi connectivity index (χ3n) is 3.73. The molecule has 1 heterocycles. The second-order valence-corrected chi connectivity index (χ2v) is 5.79. The van der Waals surface area contributed by atoms with E-state index in [0.717, 1.165) is 12.5 Å². The molecule has 0 bridgehead atoms. The van der Waals surface area contributed by atoms with Crippen molar-refractivity contribution < 1.29 is 4.74 Å². The second-order valence-electron chi connectivity index (χ2n) is 5.79. The Balaban J connectivity index is 1.93. The zero-order chi connectivity index (χ0) is 13.2. The lowest BCUT2D eigenvalue weighted by Crippen LogP contribution is -2.11. The number of nitrogens with zero attached hydrogens (tertiary/aromatic N) is 1. The van der Waals surface area contributed by atoms with Crippen LogP contribution in [0.3, 0.4) is 0 Å². The topological polar surface area (TPSA) is 21.6 Å². The Morgan fingerprint density at radius 1 is 1.11 bits per heavy atom. The molecule has 0 N–H and O–H groups in total. The zero-order valence-electron chi connectivity index (χ0n) is 12.6. The van der Waals surface area contributed by atoms with Crippen LogP contribution in [0.25, 0.3) is 0 Å². The van der Waals surface area contributed by atoms with Crippen molar-refractivity contribution >= 4 is 5.90 Å². The van der Waals surface area contributed by atoms with Gasteiger partial charge in [-0.15, -0.1) is 0 Å². The van der Waals surface area contributed by atoms with Gasteiger partial charge in [0.1, 0.15) is 6.61 Å². The van der Waals surface area contributed by atoms with Crippen LogP contribution in [0.1, 0.15) is 78.6 Å². The van der Waals surface area contributed by atoms with Gasteiger partial charge in [0.05, 0.1) is 6.04 Å². The number of ether oxygens (including phenoxy) is 1. The second kappa shape index (κ2) is 9.41.